The van der Waals surface area contributed by atoms with Crippen molar-refractivity contribution >= 4 is 0 Å². The molecule has 0 amide bonds. The molecule has 0 bridgehead atoms. The van der Waals surface area contributed by atoms with Crippen molar-refractivity contribution < 1.29 is 13.9 Å². The molecular formula is C6H10F2O. The fourth-order valence-corrected chi connectivity index (χ4v) is 0.458. The van der Waals surface area contributed by atoms with Gasteiger partial charge in [0.15, 0.2) is 5.76 Å². The van der Waals surface area contributed by atoms with E-state index < -0.39 is 11.7 Å². The molecule has 1 N–H and O–H groups in total. The molecule has 0 saturated carbocycles. The highest BCUT2D eigenvalue weighted by molar-refractivity contribution is 4.95. The molecule has 0 rings (SSSR count). The van der Waals surface area contributed by atoms with Gasteiger partial charge in [-0.1, -0.05) is 13.5 Å². The summed E-state index contributed by atoms with van der Waals surface area (Å²) < 4.78 is 24.4. The zero-order chi connectivity index (χ0) is 7.49. The van der Waals surface area contributed by atoms with E-state index in [1.807, 2.05) is 0 Å². The maximum atomic E-state index is 12.2. The van der Waals surface area contributed by atoms with Crippen LogP contribution in [-0.2, 0) is 0 Å². The van der Waals surface area contributed by atoms with Crippen LogP contribution in [-0.4, -0.2) is 11.0 Å². The standard InChI is InChI=1S/C6H10F2O/c1-3-4-6(7,8)5(2)9/h9H,2-4H2,1H3. The van der Waals surface area contributed by atoms with Gasteiger partial charge >= 0.3 is 5.92 Å². The van der Waals surface area contributed by atoms with Crippen molar-refractivity contribution in [1.29, 1.82) is 0 Å². The number of halogens is 2. The molecule has 0 radical (unpaired) electrons. The predicted molar refractivity (Wildman–Crippen MR) is 31.6 cm³/mol. The van der Waals surface area contributed by atoms with Crippen molar-refractivity contribution in [2.75, 3.05) is 0 Å². The summed E-state index contributed by atoms with van der Waals surface area (Å²) in [5.74, 6) is -4.13. The molecule has 0 aliphatic carbocycles. The normalized spacial score (nSPS) is 11.4. The van der Waals surface area contributed by atoms with Crippen LogP contribution in [0.4, 0.5) is 8.78 Å². The third-order valence-corrected chi connectivity index (χ3v) is 0.986. The molecule has 0 aliphatic rings. The van der Waals surface area contributed by atoms with E-state index in [0.29, 0.717) is 6.42 Å². The Labute approximate surface area is 53.0 Å². The predicted octanol–water partition coefficient (Wildman–Crippen LogP) is 2.49. The van der Waals surface area contributed by atoms with Gasteiger partial charge in [0.1, 0.15) is 0 Å². The van der Waals surface area contributed by atoms with Crippen LogP contribution in [0.25, 0.3) is 0 Å². The average molecular weight is 136 g/mol. The van der Waals surface area contributed by atoms with Gasteiger partial charge in [-0.2, -0.15) is 8.78 Å². The molecule has 0 aromatic heterocycles. The molecule has 0 fully saturated rings. The molecule has 1 nitrogen and oxygen atoms in total. The van der Waals surface area contributed by atoms with Crippen LogP contribution >= 0.6 is 0 Å². The minimum Gasteiger partial charge on any atom is -0.507 e. The molecule has 3 heteroatoms. The number of aliphatic hydroxyl groups is 1. The molecule has 0 spiro atoms. The van der Waals surface area contributed by atoms with Crippen molar-refractivity contribution in [1.82, 2.24) is 0 Å². The Hall–Kier alpha value is -0.600. The molecular weight excluding hydrogens is 126 g/mol. The second kappa shape index (κ2) is 2.80. The average Bonchev–Trinajstić information content (AvgIpc) is 1.65. The zero-order valence-electron chi connectivity index (χ0n) is 5.32. The molecule has 0 unspecified atom stereocenters. The van der Waals surface area contributed by atoms with Crippen LogP contribution < -0.4 is 0 Å². The first-order valence-electron chi connectivity index (χ1n) is 2.77. The fraction of sp³-hybridized carbons (Fsp3) is 0.667. The zero-order valence-corrected chi connectivity index (χ0v) is 5.32. The molecule has 9 heavy (non-hydrogen) atoms. The van der Waals surface area contributed by atoms with Crippen LogP contribution in [0.5, 0.6) is 0 Å². The number of hydrogen-bond acceptors (Lipinski definition) is 1. The Morgan fingerprint density at radius 2 is 2.11 bits per heavy atom. The summed E-state index contributed by atoms with van der Waals surface area (Å²) in [5.41, 5.74) is 0. The van der Waals surface area contributed by atoms with E-state index >= 15 is 0 Å². The number of aliphatic hydroxyl groups excluding tert-OH is 1. The molecule has 0 aliphatic heterocycles. The summed E-state index contributed by atoms with van der Waals surface area (Å²) in [6.45, 7) is 4.37. The van der Waals surface area contributed by atoms with Crippen LogP contribution in [0.3, 0.4) is 0 Å². The fourth-order valence-electron chi connectivity index (χ4n) is 0.458. The Morgan fingerprint density at radius 1 is 1.67 bits per heavy atom. The van der Waals surface area contributed by atoms with Gasteiger partial charge in [-0.25, -0.2) is 0 Å². The summed E-state index contributed by atoms with van der Waals surface area (Å²) in [5, 5.41) is 8.27. The first-order chi connectivity index (χ1) is 4.00. The van der Waals surface area contributed by atoms with Crippen LogP contribution in [0.1, 0.15) is 19.8 Å². The van der Waals surface area contributed by atoms with Gasteiger partial charge < -0.3 is 5.11 Å². The van der Waals surface area contributed by atoms with Gasteiger partial charge in [0.25, 0.3) is 0 Å². The molecule has 0 aromatic rings. The Kier molecular flexibility index (Phi) is 2.62. The van der Waals surface area contributed by atoms with E-state index in [0.717, 1.165) is 0 Å². The van der Waals surface area contributed by atoms with E-state index in [4.69, 9.17) is 5.11 Å². The monoisotopic (exact) mass is 136 g/mol. The molecule has 0 atom stereocenters. The first-order valence-corrected chi connectivity index (χ1v) is 2.77. The Bertz CT molecular complexity index is 110. The number of rotatable bonds is 3. The highest BCUT2D eigenvalue weighted by Crippen LogP contribution is 2.25. The highest BCUT2D eigenvalue weighted by atomic mass is 19.3. The van der Waals surface area contributed by atoms with Crippen molar-refractivity contribution in [3.63, 3.8) is 0 Å². The summed E-state index contributed by atoms with van der Waals surface area (Å²) in [6, 6.07) is 0. The van der Waals surface area contributed by atoms with Crippen molar-refractivity contribution in [3.8, 4) is 0 Å². The van der Waals surface area contributed by atoms with Crippen molar-refractivity contribution in [2.45, 2.75) is 25.7 Å². The third kappa shape index (κ3) is 2.44. The molecule has 0 saturated heterocycles. The first kappa shape index (κ1) is 8.40. The van der Waals surface area contributed by atoms with E-state index in [1.54, 1.807) is 6.92 Å². The van der Waals surface area contributed by atoms with Crippen molar-refractivity contribution in [2.24, 2.45) is 0 Å². The minimum absolute atomic E-state index is 0.331. The van der Waals surface area contributed by atoms with Crippen LogP contribution in [0.15, 0.2) is 12.3 Å². The van der Waals surface area contributed by atoms with E-state index in [9.17, 15) is 8.78 Å². The van der Waals surface area contributed by atoms with Gasteiger partial charge in [-0.05, 0) is 6.42 Å². The van der Waals surface area contributed by atoms with E-state index in [1.165, 1.54) is 0 Å². The summed E-state index contributed by atoms with van der Waals surface area (Å²) in [6.07, 6.45) is 0.00884. The molecule has 0 aromatic carbocycles. The summed E-state index contributed by atoms with van der Waals surface area (Å²) >= 11 is 0. The van der Waals surface area contributed by atoms with Gasteiger partial charge in [0.05, 0.1) is 0 Å². The summed E-state index contributed by atoms with van der Waals surface area (Å²) in [7, 11) is 0. The number of hydrogen-bond donors (Lipinski definition) is 1. The maximum Gasteiger partial charge on any atom is 0.303 e. The topological polar surface area (TPSA) is 20.2 Å². The number of alkyl halides is 2. The lowest BCUT2D eigenvalue weighted by Gasteiger charge is -2.12. The smallest absolute Gasteiger partial charge is 0.303 e. The maximum absolute atomic E-state index is 12.2. The van der Waals surface area contributed by atoms with Crippen molar-refractivity contribution in [3.05, 3.63) is 12.3 Å². The van der Waals surface area contributed by atoms with Crippen LogP contribution in [0, 0.1) is 0 Å². The van der Waals surface area contributed by atoms with Gasteiger partial charge in [0.2, 0.25) is 0 Å². The van der Waals surface area contributed by atoms with E-state index in [2.05, 4.69) is 6.58 Å². The van der Waals surface area contributed by atoms with Gasteiger partial charge in [-0.3, -0.25) is 0 Å². The lowest BCUT2D eigenvalue weighted by molar-refractivity contribution is -0.00784. The lowest BCUT2D eigenvalue weighted by Crippen LogP contribution is -2.17. The van der Waals surface area contributed by atoms with Gasteiger partial charge in [-0.15, -0.1) is 0 Å². The van der Waals surface area contributed by atoms with E-state index in [-0.39, 0.29) is 6.42 Å². The Morgan fingerprint density at radius 3 is 2.22 bits per heavy atom. The largest absolute Gasteiger partial charge is 0.507 e. The lowest BCUT2D eigenvalue weighted by atomic mass is 10.2. The minimum atomic E-state index is -3.09. The Balaban J connectivity index is 3.85. The van der Waals surface area contributed by atoms with Gasteiger partial charge in [0, 0.05) is 6.42 Å². The van der Waals surface area contributed by atoms with Crippen LogP contribution in [0.2, 0.25) is 0 Å². The summed E-state index contributed by atoms with van der Waals surface area (Å²) in [4.78, 5) is 0. The number of allylic oxidation sites excluding steroid dienone is 1. The second-order valence-electron chi connectivity index (χ2n) is 1.90. The third-order valence-electron chi connectivity index (χ3n) is 0.986. The SMILES string of the molecule is C=C(O)C(F)(F)CCC. The molecule has 0 heterocycles. The molecule has 54 valence electrons. The highest BCUT2D eigenvalue weighted by Gasteiger charge is 2.31. The second-order valence-corrected chi connectivity index (χ2v) is 1.90. The quantitative estimate of drug-likeness (QED) is 0.591.